The SMILES string of the molecule is CCCCCCCCCCCCCCCCCCCCCCC(=O)O[C@H]1CC[C@@]2(C)C(=CC[C@H]3[C@@H]4CC[C@H]([C@H](C)CCCC(C)C)[C@@]4(C)CC[C@@H]32)C1. The molecule has 0 N–H and O–H groups in total. The predicted molar refractivity (Wildman–Crippen MR) is 226 cm³/mol. The first-order valence-corrected chi connectivity index (χ1v) is 24.1. The number of carbonyl (C=O) groups excluding carboxylic acids is 1. The molecular formula is C50H90O2. The van der Waals surface area contributed by atoms with E-state index in [2.05, 4.69) is 47.6 Å². The molecule has 3 saturated carbocycles. The van der Waals surface area contributed by atoms with Gasteiger partial charge in [0.05, 0.1) is 0 Å². The van der Waals surface area contributed by atoms with Crippen LogP contribution in [0.5, 0.6) is 0 Å². The molecule has 0 aromatic carbocycles. The van der Waals surface area contributed by atoms with Crippen LogP contribution in [0.2, 0.25) is 0 Å². The van der Waals surface area contributed by atoms with Crippen LogP contribution in [-0.4, -0.2) is 12.1 Å². The van der Waals surface area contributed by atoms with Gasteiger partial charge in [-0.15, -0.1) is 0 Å². The molecule has 8 atom stereocenters. The molecular weight excluding hydrogens is 633 g/mol. The lowest BCUT2D eigenvalue weighted by Gasteiger charge is -2.58. The number of carbonyl (C=O) groups is 1. The molecule has 302 valence electrons. The number of allylic oxidation sites excluding steroid dienone is 1. The summed E-state index contributed by atoms with van der Waals surface area (Å²) in [6.45, 7) is 15.0. The lowest BCUT2D eigenvalue weighted by atomic mass is 9.47. The summed E-state index contributed by atoms with van der Waals surface area (Å²) >= 11 is 0. The minimum Gasteiger partial charge on any atom is -0.462 e. The van der Waals surface area contributed by atoms with Gasteiger partial charge >= 0.3 is 5.97 Å². The van der Waals surface area contributed by atoms with Crippen molar-refractivity contribution in [3.05, 3.63) is 11.6 Å². The van der Waals surface area contributed by atoms with Crippen molar-refractivity contribution >= 4 is 5.97 Å². The molecule has 0 saturated heterocycles. The molecule has 0 aromatic rings. The van der Waals surface area contributed by atoms with Crippen LogP contribution >= 0.6 is 0 Å². The summed E-state index contributed by atoms with van der Waals surface area (Å²) in [7, 11) is 0. The highest BCUT2D eigenvalue weighted by atomic mass is 16.5. The molecule has 0 spiro atoms. The standard InChI is InChI=1S/C50H90O2/c1-7-8-9-10-11-12-13-14-15-16-17-18-19-20-21-22-23-24-25-26-30-48(51)52-43-35-37-49(5)42(39-43)31-32-44-46-34-33-45(41(4)29-27-28-40(2)3)50(46,6)38-36-47(44)49/h31,40-41,43-47H,7-30,32-39H2,1-6H3/t41-,43+,44+,45-,46+,47+,49+,50-/m1/s1. The van der Waals surface area contributed by atoms with Crippen molar-refractivity contribution in [3.8, 4) is 0 Å². The third-order valence-corrected chi connectivity index (χ3v) is 15.8. The summed E-state index contributed by atoms with van der Waals surface area (Å²) in [5, 5.41) is 0. The lowest BCUT2D eigenvalue weighted by molar-refractivity contribution is -0.151. The summed E-state index contributed by atoms with van der Waals surface area (Å²) in [6.07, 6.45) is 45.8. The normalized spacial score (nSPS) is 30.4. The zero-order valence-electron chi connectivity index (χ0n) is 36.1. The van der Waals surface area contributed by atoms with Gasteiger partial charge in [-0.25, -0.2) is 0 Å². The van der Waals surface area contributed by atoms with Crippen molar-refractivity contribution in [1.82, 2.24) is 0 Å². The van der Waals surface area contributed by atoms with Gasteiger partial charge < -0.3 is 4.74 Å². The Labute approximate surface area is 325 Å². The number of rotatable bonds is 27. The summed E-state index contributed by atoms with van der Waals surface area (Å²) in [4.78, 5) is 12.9. The van der Waals surface area contributed by atoms with Crippen LogP contribution in [0, 0.1) is 46.3 Å². The summed E-state index contributed by atoms with van der Waals surface area (Å²) in [5.74, 6) is 5.34. The average molecular weight is 723 g/mol. The molecule has 0 radical (unpaired) electrons. The van der Waals surface area contributed by atoms with E-state index < -0.39 is 0 Å². The van der Waals surface area contributed by atoms with Gasteiger partial charge in [0.25, 0.3) is 0 Å². The van der Waals surface area contributed by atoms with E-state index in [-0.39, 0.29) is 12.1 Å². The van der Waals surface area contributed by atoms with Crippen LogP contribution < -0.4 is 0 Å². The molecule has 4 aliphatic rings. The summed E-state index contributed by atoms with van der Waals surface area (Å²) < 4.78 is 6.15. The van der Waals surface area contributed by atoms with Crippen molar-refractivity contribution < 1.29 is 9.53 Å². The topological polar surface area (TPSA) is 26.3 Å². The van der Waals surface area contributed by atoms with E-state index in [1.54, 1.807) is 5.57 Å². The van der Waals surface area contributed by atoms with E-state index in [0.717, 1.165) is 54.8 Å². The number of hydrogen-bond acceptors (Lipinski definition) is 2. The molecule has 0 aliphatic heterocycles. The Kier molecular flexibility index (Phi) is 19.7. The number of unbranched alkanes of at least 4 members (excludes halogenated alkanes) is 19. The molecule has 3 fully saturated rings. The first kappa shape index (κ1) is 43.9. The second-order valence-corrected chi connectivity index (χ2v) is 20.1. The Hall–Kier alpha value is -0.790. The van der Waals surface area contributed by atoms with E-state index in [1.807, 2.05) is 0 Å². The van der Waals surface area contributed by atoms with Crippen LogP contribution in [0.1, 0.15) is 247 Å². The maximum absolute atomic E-state index is 12.9. The van der Waals surface area contributed by atoms with E-state index in [9.17, 15) is 4.79 Å². The maximum atomic E-state index is 12.9. The number of esters is 1. The molecule has 2 heteroatoms. The van der Waals surface area contributed by atoms with Crippen molar-refractivity contribution in [2.75, 3.05) is 0 Å². The van der Waals surface area contributed by atoms with Crippen molar-refractivity contribution in [2.24, 2.45) is 46.3 Å². The van der Waals surface area contributed by atoms with Gasteiger partial charge in [-0.1, -0.05) is 194 Å². The van der Waals surface area contributed by atoms with Crippen LogP contribution in [0.15, 0.2) is 11.6 Å². The fraction of sp³-hybridized carbons (Fsp3) is 0.940. The molecule has 52 heavy (non-hydrogen) atoms. The van der Waals surface area contributed by atoms with Gasteiger partial charge in [-0.2, -0.15) is 0 Å². The lowest BCUT2D eigenvalue weighted by Crippen LogP contribution is -2.51. The highest BCUT2D eigenvalue weighted by Gasteiger charge is 2.59. The van der Waals surface area contributed by atoms with Crippen molar-refractivity contribution in [3.63, 3.8) is 0 Å². The van der Waals surface area contributed by atoms with Gasteiger partial charge in [0.2, 0.25) is 0 Å². The molecule has 4 rings (SSSR count). The number of ether oxygens (including phenoxy) is 1. The molecule has 2 nitrogen and oxygen atoms in total. The van der Waals surface area contributed by atoms with Crippen molar-refractivity contribution in [2.45, 2.75) is 253 Å². The first-order valence-electron chi connectivity index (χ1n) is 24.1. The zero-order valence-corrected chi connectivity index (χ0v) is 36.1. The Morgan fingerprint density at radius 2 is 1.23 bits per heavy atom. The summed E-state index contributed by atoms with van der Waals surface area (Å²) in [5.41, 5.74) is 2.54. The van der Waals surface area contributed by atoms with Gasteiger partial charge in [-0.3, -0.25) is 4.79 Å². The van der Waals surface area contributed by atoms with Gasteiger partial charge in [-0.05, 0) is 97.7 Å². The minimum atomic E-state index is 0.0678. The summed E-state index contributed by atoms with van der Waals surface area (Å²) in [6, 6.07) is 0. The Morgan fingerprint density at radius 1 is 0.673 bits per heavy atom. The van der Waals surface area contributed by atoms with E-state index in [4.69, 9.17) is 4.74 Å². The van der Waals surface area contributed by atoms with Crippen LogP contribution in [0.25, 0.3) is 0 Å². The molecule has 0 amide bonds. The van der Waals surface area contributed by atoms with Gasteiger partial charge in [0.1, 0.15) is 6.10 Å². The first-order chi connectivity index (χ1) is 25.2. The fourth-order valence-corrected chi connectivity index (χ4v) is 12.5. The molecule has 4 aliphatic carbocycles. The average Bonchev–Trinajstić information content (AvgIpc) is 3.48. The highest BCUT2D eigenvalue weighted by molar-refractivity contribution is 5.69. The van der Waals surface area contributed by atoms with E-state index in [1.165, 1.54) is 180 Å². The number of fused-ring (bicyclic) bond motifs is 5. The minimum absolute atomic E-state index is 0.0678. The molecule has 0 bridgehead atoms. The van der Waals surface area contributed by atoms with Crippen LogP contribution in [-0.2, 0) is 9.53 Å². The van der Waals surface area contributed by atoms with E-state index >= 15 is 0 Å². The number of hydrogen-bond donors (Lipinski definition) is 0. The largest absolute Gasteiger partial charge is 0.462 e. The maximum Gasteiger partial charge on any atom is 0.306 e. The van der Waals surface area contributed by atoms with E-state index in [0.29, 0.717) is 17.3 Å². The molecule has 0 unspecified atom stereocenters. The monoisotopic (exact) mass is 723 g/mol. The fourth-order valence-electron chi connectivity index (χ4n) is 12.5. The predicted octanol–water partition coefficient (Wildman–Crippen LogP) is 16.2. The second-order valence-electron chi connectivity index (χ2n) is 20.1. The molecule has 0 heterocycles. The smallest absolute Gasteiger partial charge is 0.306 e. The quantitative estimate of drug-likeness (QED) is 0.0479. The van der Waals surface area contributed by atoms with Gasteiger partial charge in [0, 0.05) is 12.8 Å². The Balaban J connectivity index is 1.02. The molecule has 0 aromatic heterocycles. The Morgan fingerprint density at radius 3 is 1.79 bits per heavy atom. The van der Waals surface area contributed by atoms with Crippen LogP contribution in [0.3, 0.4) is 0 Å². The van der Waals surface area contributed by atoms with Gasteiger partial charge in [0.15, 0.2) is 0 Å². The third-order valence-electron chi connectivity index (χ3n) is 15.8. The highest BCUT2D eigenvalue weighted by Crippen LogP contribution is 2.67. The second kappa shape index (κ2) is 23.3. The van der Waals surface area contributed by atoms with Crippen LogP contribution in [0.4, 0.5) is 0 Å². The Bertz CT molecular complexity index is 1010. The zero-order chi connectivity index (χ0) is 37.2. The third kappa shape index (κ3) is 13.2. The van der Waals surface area contributed by atoms with Crippen molar-refractivity contribution in [1.29, 1.82) is 0 Å².